The summed E-state index contributed by atoms with van der Waals surface area (Å²) in [6, 6.07) is 10.9. The highest BCUT2D eigenvalue weighted by molar-refractivity contribution is 6.32. The second-order valence-electron chi connectivity index (χ2n) is 9.02. The number of carbonyl (C=O) groups is 3. The first-order valence-electron chi connectivity index (χ1n) is 10.7. The molecule has 7 heteroatoms. The van der Waals surface area contributed by atoms with Gasteiger partial charge < -0.3 is 5.32 Å². The van der Waals surface area contributed by atoms with Gasteiger partial charge in [0.15, 0.2) is 0 Å². The molecule has 0 aliphatic carbocycles. The molecule has 6 nitrogen and oxygen atoms in total. The van der Waals surface area contributed by atoms with Crippen LogP contribution in [0.15, 0.2) is 36.4 Å². The fourth-order valence-electron chi connectivity index (χ4n) is 6.45. The number of rotatable bonds is 1. The van der Waals surface area contributed by atoms with Crippen molar-refractivity contribution in [3.8, 4) is 0 Å². The van der Waals surface area contributed by atoms with Crippen LogP contribution in [0, 0.1) is 25.7 Å². The Labute approximate surface area is 185 Å². The third kappa shape index (κ3) is 2.10. The van der Waals surface area contributed by atoms with Gasteiger partial charge in [-0.15, -0.1) is 0 Å². The number of imide groups is 1. The molecular weight excluding hydrogens is 414 g/mol. The van der Waals surface area contributed by atoms with Crippen molar-refractivity contribution in [3.05, 3.63) is 58.1 Å². The topological polar surface area (TPSA) is 69.7 Å². The largest absolute Gasteiger partial charge is 0.324 e. The van der Waals surface area contributed by atoms with E-state index in [1.807, 2.05) is 32.0 Å². The number of fused-ring (bicyclic) bond motifs is 7. The molecule has 0 saturated carbocycles. The molecule has 3 saturated heterocycles. The van der Waals surface area contributed by atoms with E-state index in [1.54, 1.807) is 18.2 Å². The van der Waals surface area contributed by atoms with Gasteiger partial charge in [-0.3, -0.25) is 19.3 Å². The van der Waals surface area contributed by atoms with Crippen LogP contribution in [0.4, 0.5) is 11.4 Å². The number of hydrogen-bond donors (Lipinski definition) is 1. The molecule has 4 heterocycles. The summed E-state index contributed by atoms with van der Waals surface area (Å²) in [5, 5.41) is 3.56. The quantitative estimate of drug-likeness (QED) is 0.697. The van der Waals surface area contributed by atoms with E-state index >= 15 is 0 Å². The molecule has 0 unspecified atom stereocenters. The van der Waals surface area contributed by atoms with Gasteiger partial charge in [-0.05, 0) is 56.5 Å². The summed E-state index contributed by atoms with van der Waals surface area (Å²) in [7, 11) is 0. The van der Waals surface area contributed by atoms with Crippen LogP contribution in [0.25, 0.3) is 0 Å². The number of anilines is 2. The first-order chi connectivity index (χ1) is 14.9. The Morgan fingerprint density at radius 2 is 1.84 bits per heavy atom. The molecule has 4 aliphatic rings. The third-order valence-corrected chi connectivity index (χ3v) is 8.13. The maximum atomic E-state index is 13.9. The van der Waals surface area contributed by atoms with Gasteiger partial charge in [0.05, 0.1) is 17.5 Å². The molecule has 2 aromatic rings. The fourth-order valence-corrected chi connectivity index (χ4v) is 6.62. The molecule has 0 radical (unpaired) electrons. The van der Waals surface area contributed by atoms with Crippen molar-refractivity contribution < 1.29 is 14.4 Å². The fraction of sp³-hybridized carbons (Fsp3) is 0.375. The lowest BCUT2D eigenvalue weighted by molar-refractivity contribution is -0.135. The molecule has 4 atom stereocenters. The van der Waals surface area contributed by atoms with Crippen LogP contribution in [0.2, 0.25) is 5.02 Å². The summed E-state index contributed by atoms with van der Waals surface area (Å²) in [5.41, 5.74) is 2.62. The predicted octanol–water partition coefficient (Wildman–Crippen LogP) is 3.39. The minimum Gasteiger partial charge on any atom is -0.324 e. The van der Waals surface area contributed by atoms with E-state index in [-0.39, 0.29) is 23.8 Å². The van der Waals surface area contributed by atoms with Crippen LogP contribution in [0.5, 0.6) is 0 Å². The van der Waals surface area contributed by atoms with Crippen LogP contribution < -0.4 is 10.2 Å². The van der Waals surface area contributed by atoms with E-state index in [4.69, 9.17) is 11.6 Å². The van der Waals surface area contributed by atoms with Crippen molar-refractivity contribution in [1.82, 2.24) is 4.90 Å². The van der Waals surface area contributed by atoms with Gasteiger partial charge in [-0.1, -0.05) is 35.9 Å². The summed E-state index contributed by atoms with van der Waals surface area (Å²) < 4.78 is 0. The van der Waals surface area contributed by atoms with Crippen molar-refractivity contribution >= 4 is 40.7 Å². The van der Waals surface area contributed by atoms with Crippen LogP contribution in [0.1, 0.15) is 29.5 Å². The Balaban J connectivity index is 1.58. The zero-order valence-corrected chi connectivity index (χ0v) is 18.1. The number of aryl methyl sites for hydroxylation is 1. The molecule has 3 amide bonds. The average Bonchev–Trinajstić information content (AvgIpc) is 3.44. The number of benzene rings is 2. The summed E-state index contributed by atoms with van der Waals surface area (Å²) in [6.07, 6.45) is 1.71. The first kappa shape index (κ1) is 19.0. The van der Waals surface area contributed by atoms with Gasteiger partial charge in [0.25, 0.3) is 0 Å². The molecule has 0 bridgehead atoms. The SMILES string of the molecule is Cc1cccc2c1NC(=O)[C@@]21[C@@H]2C(=O)N(c3cccc(Cl)c3C)C(=O)[C@H]2[C@@H]2CCCN21. The van der Waals surface area contributed by atoms with Gasteiger partial charge >= 0.3 is 0 Å². The minimum absolute atomic E-state index is 0.122. The van der Waals surface area contributed by atoms with Crippen molar-refractivity contribution in [2.24, 2.45) is 11.8 Å². The normalized spacial score (nSPS) is 31.4. The lowest BCUT2D eigenvalue weighted by Crippen LogP contribution is -2.54. The molecular formula is C24H22ClN3O3. The summed E-state index contributed by atoms with van der Waals surface area (Å²) >= 11 is 6.30. The zero-order valence-electron chi connectivity index (χ0n) is 17.3. The van der Waals surface area contributed by atoms with Crippen molar-refractivity contribution in [2.75, 3.05) is 16.8 Å². The van der Waals surface area contributed by atoms with Gasteiger partial charge in [0, 0.05) is 22.3 Å². The van der Waals surface area contributed by atoms with E-state index in [2.05, 4.69) is 10.2 Å². The number of carbonyl (C=O) groups excluding carboxylic acids is 3. The van der Waals surface area contributed by atoms with Crippen LogP contribution in [-0.2, 0) is 19.9 Å². The first-order valence-corrected chi connectivity index (χ1v) is 11.1. The smallest absolute Gasteiger partial charge is 0.250 e. The Bertz CT molecular complexity index is 1190. The Morgan fingerprint density at radius 1 is 1.06 bits per heavy atom. The molecule has 0 aromatic heterocycles. The monoisotopic (exact) mass is 435 g/mol. The molecule has 1 N–H and O–H groups in total. The molecule has 3 fully saturated rings. The van der Waals surface area contributed by atoms with Gasteiger partial charge in [0.1, 0.15) is 5.54 Å². The maximum Gasteiger partial charge on any atom is 0.250 e. The summed E-state index contributed by atoms with van der Waals surface area (Å²) in [4.78, 5) is 44.8. The van der Waals surface area contributed by atoms with Crippen molar-refractivity contribution in [3.63, 3.8) is 0 Å². The number of para-hydroxylation sites is 1. The van der Waals surface area contributed by atoms with Crippen molar-refractivity contribution in [2.45, 2.75) is 38.3 Å². The van der Waals surface area contributed by atoms with E-state index in [0.29, 0.717) is 22.8 Å². The Morgan fingerprint density at radius 3 is 2.65 bits per heavy atom. The van der Waals surface area contributed by atoms with Gasteiger partial charge in [0.2, 0.25) is 17.7 Å². The molecule has 31 heavy (non-hydrogen) atoms. The van der Waals surface area contributed by atoms with Gasteiger partial charge in [-0.2, -0.15) is 0 Å². The number of halogens is 1. The third-order valence-electron chi connectivity index (χ3n) is 7.72. The average molecular weight is 436 g/mol. The molecule has 2 aromatic carbocycles. The number of nitrogens with one attached hydrogen (secondary N) is 1. The maximum absolute atomic E-state index is 13.9. The second-order valence-corrected chi connectivity index (χ2v) is 9.43. The van der Waals surface area contributed by atoms with Crippen molar-refractivity contribution in [1.29, 1.82) is 0 Å². The highest BCUT2D eigenvalue weighted by atomic mass is 35.5. The highest BCUT2D eigenvalue weighted by Crippen LogP contribution is 2.61. The van der Waals surface area contributed by atoms with E-state index in [9.17, 15) is 14.4 Å². The molecule has 4 aliphatic heterocycles. The lowest BCUT2D eigenvalue weighted by atomic mass is 9.75. The van der Waals surface area contributed by atoms with E-state index in [1.165, 1.54) is 4.90 Å². The summed E-state index contributed by atoms with van der Waals surface area (Å²) in [6.45, 7) is 4.47. The van der Waals surface area contributed by atoms with E-state index < -0.39 is 17.4 Å². The van der Waals surface area contributed by atoms with Crippen LogP contribution >= 0.6 is 11.6 Å². The van der Waals surface area contributed by atoms with E-state index in [0.717, 1.165) is 29.7 Å². The number of nitrogens with zero attached hydrogens (tertiary/aromatic N) is 2. The van der Waals surface area contributed by atoms with Crippen LogP contribution in [-0.4, -0.2) is 35.2 Å². The molecule has 6 rings (SSSR count). The minimum atomic E-state index is -1.14. The Hall–Kier alpha value is -2.70. The summed E-state index contributed by atoms with van der Waals surface area (Å²) in [5.74, 6) is -2.00. The predicted molar refractivity (Wildman–Crippen MR) is 117 cm³/mol. The zero-order chi connectivity index (χ0) is 21.7. The second kappa shape index (κ2) is 6.17. The number of amides is 3. The lowest BCUT2D eigenvalue weighted by Gasteiger charge is -2.36. The van der Waals surface area contributed by atoms with Crippen LogP contribution in [0.3, 0.4) is 0 Å². The molecule has 158 valence electrons. The highest BCUT2D eigenvalue weighted by Gasteiger charge is 2.74. The molecule has 1 spiro atoms. The van der Waals surface area contributed by atoms with Gasteiger partial charge in [-0.25, -0.2) is 4.90 Å². The number of hydrogen-bond acceptors (Lipinski definition) is 4. The standard InChI is InChI=1S/C24H22ClN3O3/c1-12-6-3-7-14-20(12)26-23(31)24(14)19-18(17-10-5-11-27(17)24)21(29)28(22(19)30)16-9-4-8-15(25)13(16)2/h3-4,6-9,17-19H,5,10-11H2,1-2H3,(H,26,31)/t17-,18-,19-,24-/m0/s1. The Kier molecular flexibility index (Phi) is 3.79.